The Kier molecular flexibility index (Phi) is 5.06. The zero-order chi connectivity index (χ0) is 20.5. The molecule has 1 aliphatic heterocycles. The quantitative estimate of drug-likeness (QED) is 0.510. The van der Waals surface area contributed by atoms with Crippen LogP contribution in [0.1, 0.15) is 16.6 Å². The predicted molar refractivity (Wildman–Crippen MR) is 118 cm³/mol. The number of amides is 1. The number of carbonyl (C=O) groups is 1. The molecule has 1 amide bonds. The van der Waals surface area contributed by atoms with E-state index >= 15 is 0 Å². The number of carbonyl (C=O) groups excluding carboxylic acids is 1. The van der Waals surface area contributed by atoms with Crippen LogP contribution in [-0.2, 0) is 11.2 Å². The van der Waals surface area contributed by atoms with Gasteiger partial charge in [-0.2, -0.15) is 0 Å². The van der Waals surface area contributed by atoms with Gasteiger partial charge in [0, 0.05) is 48.7 Å². The van der Waals surface area contributed by atoms with Crippen molar-refractivity contribution in [3.8, 4) is 11.1 Å². The van der Waals surface area contributed by atoms with E-state index in [1.807, 2.05) is 41.0 Å². The van der Waals surface area contributed by atoms with Crippen LogP contribution in [0.4, 0.5) is 0 Å². The molecule has 5 rings (SSSR count). The van der Waals surface area contributed by atoms with Crippen LogP contribution >= 0.6 is 11.3 Å². The molecular formula is C23H23N5OS. The molecule has 1 atom stereocenters. The minimum Gasteiger partial charge on any atom is -0.339 e. The number of hydrogen-bond donors (Lipinski definition) is 0. The average Bonchev–Trinajstić information content (AvgIpc) is 3.44. The predicted octanol–water partition coefficient (Wildman–Crippen LogP) is 3.52. The standard InChI is InChI=1S/C23H23N5OS/c1-26-9-10-27(22(29)12-19-5-3-11-30-19)15-21(26)23-20-7-6-18(14-28(20)16-25-23)17-4-2-8-24-13-17/h2-8,11,13-14,16,21H,9-10,12,15H2,1H3/t21-/m1/s1. The first-order chi connectivity index (χ1) is 14.7. The lowest BCUT2D eigenvalue weighted by atomic mass is 10.1. The maximum Gasteiger partial charge on any atom is 0.227 e. The summed E-state index contributed by atoms with van der Waals surface area (Å²) in [5.74, 6) is 0.193. The molecule has 5 heterocycles. The number of rotatable bonds is 4. The lowest BCUT2D eigenvalue weighted by Gasteiger charge is -2.39. The number of likely N-dealkylation sites (N-methyl/N-ethyl adjacent to an activating group) is 1. The molecular weight excluding hydrogens is 394 g/mol. The first kappa shape index (κ1) is 19.0. The molecule has 4 aromatic heterocycles. The van der Waals surface area contributed by atoms with E-state index in [-0.39, 0.29) is 11.9 Å². The molecule has 1 saturated heterocycles. The van der Waals surface area contributed by atoms with Crippen molar-refractivity contribution in [1.82, 2.24) is 24.2 Å². The maximum atomic E-state index is 12.8. The summed E-state index contributed by atoms with van der Waals surface area (Å²) in [6, 6.07) is 12.3. The largest absolute Gasteiger partial charge is 0.339 e. The molecule has 0 bridgehead atoms. The highest BCUT2D eigenvalue weighted by molar-refractivity contribution is 7.10. The van der Waals surface area contributed by atoms with Gasteiger partial charge in [0.25, 0.3) is 0 Å². The second-order valence-corrected chi connectivity index (χ2v) is 8.71. The Bertz CT molecular complexity index is 1160. The van der Waals surface area contributed by atoms with Crippen LogP contribution in [0.2, 0.25) is 0 Å². The van der Waals surface area contributed by atoms with Crippen molar-refractivity contribution in [2.45, 2.75) is 12.5 Å². The number of piperazine rings is 1. The van der Waals surface area contributed by atoms with Crippen molar-refractivity contribution in [3.05, 3.63) is 77.3 Å². The summed E-state index contributed by atoms with van der Waals surface area (Å²) in [6.07, 6.45) is 8.08. The van der Waals surface area contributed by atoms with Crippen LogP contribution < -0.4 is 0 Å². The molecule has 0 spiro atoms. The summed E-state index contributed by atoms with van der Waals surface area (Å²) in [6.45, 7) is 2.26. The van der Waals surface area contributed by atoms with Gasteiger partial charge in [-0.1, -0.05) is 18.2 Å². The van der Waals surface area contributed by atoms with Crippen molar-refractivity contribution in [3.63, 3.8) is 0 Å². The van der Waals surface area contributed by atoms with Crippen LogP contribution in [0.3, 0.4) is 0 Å². The van der Waals surface area contributed by atoms with Gasteiger partial charge in [-0.15, -0.1) is 11.3 Å². The lowest BCUT2D eigenvalue weighted by molar-refractivity contribution is -0.133. The molecule has 4 aromatic rings. The summed E-state index contributed by atoms with van der Waals surface area (Å²) < 4.78 is 2.07. The van der Waals surface area contributed by atoms with E-state index in [0.29, 0.717) is 13.0 Å². The number of thiophene rings is 1. The molecule has 1 fully saturated rings. The minimum atomic E-state index is 0.0836. The molecule has 30 heavy (non-hydrogen) atoms. The van der Waals surface area contributed by atoms with Gasteiger partial charge in [0.15, 0.2) is 0 Å². The third-order valence-corrected chi connectivity index (χ3v) is 6.65. The van der Waals surface area contributed by atoms with Crippen LogP contribution in [-0.4, -0.2) is 56.8 Å². The zero-order valence-corrected chi connectivity index (χ0v) is 17.6. The molecule has 152 valence electrons. The van der Waals surface area contributed by atoms with Crippen molar-refractivity contribution in [2.24, 2.45) is 0 Å². The lowest BCUT2D eigenvalue weighted by Crippen LogP contribution is -2.49. The Balaban J connectivity index is 1.40. The Morgan fingerprint density at radius 2 is 2.10 bits per heavy atom. The number of nitrogens with zero attached hydrogens (tertiary/aromatic N) is 5. The monoisotopic (exact) mass is 417 g/mol. The Morgan fingerprint density at radius 3 is 2.90 bits per heavy atom. The molecule has 0 unspecified atom stereocenters. The van der Waals surface area contributed by atoms with Gasteiger partial charge < -0.3 is 9.30 Å². The summed E-state index contributed by atoms with van der Waals surface area (Å²) in [5.41, 5.74) is 4.27. The van der Waals surface area contributed by atoms with Crippen molar-refractivity contribution in [2.75, 3.05) is 26.7 Å². The Hall–Kier alpha value is -3.03. The number of fused-ring (bicyclic) bond motifs is 1. The smallest absolute Gasteiger partial charge is 0.227 e. The highest BCUT2D eigenvalue weighted by Gasteiger charge is 2.31. The van der Waals surface area contributed by atoms with Crippen molar-refractivity contribution < 1.29 is 4.79 Å². The third-order valence-electron chi connectivity index (χ3n) is 5.78. The van der Waals surface area contributed by atoms with E-state index < -0.39 is 0 Å². The van der Waals surface area contributed by atoms with Crippen LogP contribution in [0, 0.1) is 0 Å². The fraction of sp³-hybridized carbons (Fsp3) is 0.261. The van der Waals surface area contributed by atoms with Gasteiger partial charge in [0.05, 0.1) is 30.0 Å². The number of pyridine rings is 2. The first-order valence-electron chi connectivity index (χ1n) is 10.1. The van der Waals surface area contributed by atoms with Gasteiger partial charge in [-0.3, -0.25) is 14.7 Å². The zero-order valence-electron chi connectivity index (χ0n) is 16.8. The topological polar surface area (TPSA) is 53.7 Å². The highest BCUT2D eigenvalue weighted by Crippen LogP contribution is 2.28. The van der Waals surface area contributed by atoms with E-state index in [2.05, 4.69) is 45.7 Å². The summed E-state index contributed by atoms with van der Waals surface area (Å²) in [4.78, 5) is 27.2. The molecule has 0 aromatic carbocycles. The van der Waals surface area contributed by atoms with Crippen molar-refractivity contribution in [1.29, 1.82) is 0 Å². The number of imidazole rings is 1. The summed E-state index contributed by atoms with van der Waals surface area (Å²) in [7, 11) is 2.11. The normalized spacial score (nSPS) is 17.5. The van der Waals surface area contributed by atoms with Crippen LogP contribution in [0.5, 0.6) is 0 Å². The van der Waals surface area contributed by atoms with E-state index in [1.54, 1.807) is 17.5 Å². The SMILES string of the molecule is CN1CCN(C(=O)Cc2cccs2)C[C@@H]1c1ncn2cc(-c3cccnc3)ccc12. The summed E-state index contributed by atoms with van der Waals surface area (Å²) in [5, 5.41) is 2.02. The molecule has 0 radical (unpaired) electrons. The van der Waals surface area contributed by atoms with E-state index in [0.717, 1.165) is 40.3 Å². The molecule has 0 N–H and O–H groups in total. The van der Waals surface area contributed by atoms with E-state index in [4.69, 9.17) is 4.98 Å². The maximum absolute atomic E-state index is 12.8. The molecule has 0 saturated carbocycles. The number of aromatic nitrogens is 3. The third kappa shape index (κ3) is 3.62. The molecule has 6 nitrogen and oxygen atoms in total. The molecule has 0 aliphatic carbocycles. The Labute approximate surface area is 179 Å². The molecule has 7 heteroatoms. The van der Waals surface area contributed by atoms with Gasteiger partial charge in [-0.25, -0.2) is 4.98 Å². The summed E-state index contributed by atoms with van der Waals surface area (Å²) >= 11 is 1.64. The fourth-order valence-electron chi connectivity index (χ4n) is 4.05. The van der Waals surface area contributed by atoms with E-state index in [1.165, 1.54) is 0 Å². The Morgan fingerprint density at radius 1 is 1.17 bits per heavy atom. The van der Waals surface area contributed by atoms with Gasteiger partial charge >= 0.3 is 0 Å². The fourth-order valence-corrected chi connectivity index (χ4v) is 4.75. The van der Waals surface area contributed by atoms with Gasteiger partial charge in [0.2, 0.25) is 5.91 Å². The minimum absolute atomic E-state index is 0.0836. The first-order valence-corrected chi connectivity index (χ1v) is 10.9. The van der Waals surface area contributed by atoms with Crippen molar-refractivity contribution >= 4 is 22.8 Å². The van der Waals surface area contributed by atoms with Crippen LogP contribution in [0.15, 0.2) is 66.7 Å². The van der Waals surface area contributed by atoms with E-state index in [9.17, 15) is 4.79 Å². The second kappa shape index (κ2) is 8.01. The highest BCUT2D eigenvalue weighted by atomic mass is 32.1. The van der Waals surface area contributed by atoms with Gasteiger partial charge in [-0.05, 0) is 36.2 Å². The van der Waals surface area contributed by atoms with Crippen LogP contribution in [0.25, 0.3) is 16.6 Å². The van der Waals surface area contributed by atoms with Gasteiger partial charge in [0.1, 0.15) is 0 Å². The second-order valence-electron chi connectivity index (χ2n) is 7.67. The average molecular weight is 418 g/mol. The molecule has 1 aliphatic rings. The number of hydrogen-bond acceptors (Lipinski definition) is 5.